The zero-order valence-electron chi connectivity index (χ0n) is 18.1. The summed E-state index contributed by atoms with van der Waals surface area (Å²) in [6, 6.07) is 20.3. The van der Waals surface area contributed by atoms with E-state index >= 15 is 0 Å². The first-order chi connectivity index (χ1) is 15.8. The fourth-order valence-corrected chi connectivity index (χ4v) is 4.14. The molecule has 1 N–H and O–H groups in total. The van der Waals surface area contributed by atoms with Crippen molar-refractivity contribution in [3.63, 3.8) is 0 Å². The number of carbonyl (C=O) groups excluding carboxylic acids is 2. The minimum absolute atomic E-state index is 0.0263. The standard InChI is InChI=1S/C26H21ClN2O3S/c1-16-10-17(2)12-21(11-16)29-25(31)22(24(30)28-26(29)33)14-19-7-3-4-9-23(19)32-15-18-6-5-8-20(27)13-18/h3-14H,15H2,1-2H3,(H,28,30,33)/b22-14+. The first-order valence-corrected chi connectivity index (χ1v) is 11.1. The fraction of sp³-hybridized carbons (Fsp3) is 0.115. The molecule has 0 atom stereocenters. The number of para-hydroxylation sites is 1. The number of halogens is 1. The summed E-state index contributed by atoms with van der Waals surface area (Å²) in [6.45, 7) is 4.17. The number of nitrogens with zero attached hydrogens (tertiary/aromatic N) is 1. The Labute approximate surface area is 202 Å². The van der Waals surface area contributed by atoms with Crippen molar-refractivity contribution in [1.82, 2.24) is 5.32 Å². The summed E-state index contributed by atoms with van der Waals surface area (Å²) in [5.41, 5.74) is 4.07. The van der Waals surface area contributed by atoms with Gasteiger partial charge in [0, 0.05) is 10.6 Å². The van der Waals surface area contributed by atoms with E-state index in [1.807, 2.05) is 62.4 Å². The van der Waals surface area contributed by atoms with Crippen molar-refractivity contribution in [3.05, 3.63) is 99.6 Å². The Hall–Kier alpha value is -3.48. The van der Waals surface area contributed by atoms with Crippen LogP contribution in [-0.2, 0) is 16.2 Å². The molecule has 4 rings (SSSR count). The van der Waals surface area contributed by atoms with Crippen molar-refractivity contribution in [2.45, 2.75) is 20.5 Å². The molecule has 0 unspecified atom stereocenters. The van der Waals surface area contributed by atoms with Crippen LogP contribution >= 0.6 is 23.8 Å². The van der Waals surface area contributed by atoms with Gasteiger partial charge in [0.2, 0.25) is 0 Å². The van der Waals surface area contributed by atoms with Crippen LogP contribution in [0.4, 0.5) is 5.69 Å². The molecule has 3 aromatic carbocycles. The SMILES string of the molecule is Cc1cc(C)cc(N2C(=O)/C(=C/c3ccccc3OCc3cccc(Cl)c3)C(=O)NC2=S)c1. The van der Waals surface area contributed by atoms with Crippen LogP contribution in [0, 0.1) is 13.8 Å². The molecular weight excluding hydrogens is 456 g/mol. The third-order valence-electron chi connectivity index (χ3n) is 5.07. The Morgan fingerprint density at radius 3 is 2.45 bits per heavy atom. The van der Waals surface area contributed by atoms with Gasteiger partial charge in [-0.3, -0.25) is 19.8 Å². The number of hydrogen-bond acceptors (Lipinski definition) is 4. The van der Waals surface area contributed by atoms with Gasteiger partial charge in [-0.1, -0.05) is 48.0 Å². The molecule has 166 valence electrons. The zero-order valence-corrected chi connectivity index (χ0v) is 19.7. The third-order valence-corrected chi connectivity index (χ3v) is 5.59. The summed E-state index contributed by atoms with van der Waals surface area (Å²) in [5.74, 6) is -0.495. The second kappa shape index (κ2) is 9.57. The van der Waals surface area contributed by atoms with Crippen LogP contribution in [0.5, 0.6) is 5.75 Å². The highest BCUT2D eigenvalue weighted by atomic mass is 35.5. The summed E-state index contributed by atoms with van der Waals surface area (Å²) in [4.78, 5) is 27.4. The molecule has 0 saturated carbocycles. The van der Waals surface area contributed by atoms with Crippen LogP contribution in [0.2, 0.25) is 5.02 Å². The molecule has 1 aliphatic heterocycles. The molecule has 0 aromatic heterocycles. The average Bonchev–Trinajstić information content (AvgIpc) is 2.75. The summed E-state index contributed by atoms with van der Waals surface area (Å²) in [7, 11) is 0. The van der Waals surface area contributed by atoms with E-state index in [9.17, 15) is 9.59 Å². The van der Waals surface area contributed by atoms with Crippen molar-refractivity contribution in [2.24, 2.45) is 0 Å². The lowest BCUT2D eigenvalue weighted by Crippen LogP contribution is -2.54. The summed E-state index contributed by atoms with van der Waals surface area (Å²) in [5, 5.41) is 3.30. The molecule has 1 heterocycles. The van der Waals surface area contributed by atoms with E-state index in [-0.39, 0.29) is 10.7 Å². The first kappa shape index (κ1) is 22.7. The van der Waals surface area contributed by atoms with Gasteiger partial charge >= 0.3 is 0 Å². The molecule has 0 radical (unpaired) electrons. The Bertz CT molecular complexity index is 1280. The molecule has 3 aromatic rings. The van der Waals surface area contributed by atoms with Gasteiger partial charge < -0.3 is 4.74 Å². The number of amides is 2. The lowest BCUT2D eigenvalue weighted by Gasteiger charge is -2.29. The maximum Gasteiger partial charge on any atom is 0.270 e. The van der Waals surface area contributed by atoms with Gasteiger partial charge in [0.05, 0.1) is 5.69 Å². The highest BCUT2D eigenvalue weighted by Crippen LogP contribution is 2.27. The zero-order chi connectivity index (χ0) is 23.5. The minimum Gasteiger partial charge on any atom is -0.488 e. The highest BCUT2D eigenvalue weighted by Gasteiger charge is 2.34. The second-order valence-electron chi connectivity index (χ2n) is 7.76. The Morgan fingerprint density at radius 1 is 1.00 bits per heavy atom. The van der Waals surface area contributed by atoms with Crippen molar-refractivity contribution >= 4 is 52.5 Å². The lowest BCUT2D eigenvalue weighted by atomic mass is 10.0. The van der Waals surface area contributed by atoms with Gasteiger partial charge in [-0.05, 0) is 79.2 Å². The van der Waals surface area contributed by atoms with Gasteiger partial charge in [-0.2, -0.15) is 0 Å². The van der Waals surface area contributed by atoms with Crippen LogP contribution in [-0.4, -0.2) is 16.9 Å². The van der Waals surface area contributed by atoms with Crippen LogP contribution in [0.25, 0.3) is 6.08 Å². The molecule has 7 heteroatoms. The third kappa shape index (κ3) is 5.13. The normalized spacial score (nSPS) is 15.1. The van der Waals surface area contributed by atoms with Crippen LogP contribution in [0.15, 0.2) is 72.3 Å². The molecule has 0 aliphatic carbocycles. The van der Waals surface area contributed by atoms with E-state index in [4.69, 9.17) is 28.6 Å². The molecule has 2 amide bonds. The van der Waals surface area contributed by atoms with Crippen molar-refractivity contribution in [3.8, 4) is 5.75 Å². The molecule has 1 fully saturated rings. The van der Waals surface area contributed by atoms with Gasteiger partial charge in [-0.15, -0.1) is 0 Å². The van der Waals surface area contributed by atoms with E-state index in [0.717, 1.165) is 16.7 Å². The number of benzene rings is 3. The van der Waals surface area contributed by atoms with Gasteiger partial charge in [0.15, 0.2) is 5.11 Å². The molecular formula is C26H21ClN2O3S. The van der Waals surface area contributed by atoms with Crippen LogP contribution in [0.1, 0.15) is 22.3 Å². The molecule has 0 spiro atoms. The number of ether oxygens (including phenoxy) is 1. The van der Waals surface area contributed by atoms with E-state index in [2.05, 4.69) is 5.32 Å². The quantitative estimate of drug-likeness (QED) is 0.305. The monoisotopic (exact) mass is 476 g/mol. The van der Waals surface area contributed by atoms with Crippen molar-refractivity contribution < 1.29 is 14.3 Å². The number of hydrogen-bond donors (Lipinski definition) is 1. The predicted octanol–water partition coefficient (Wildman–Crippen LogP) is 5.37. The van der Waals surface area contributed by atoms with Crippen molar-refractivity contribution in [2.75, 3.05) is 4.90 Å². The Balaban J connectivity index is 1.66. The minimum atomic E-state index is -0.546. The van der Waals surface area contributed by atoms with Crippen LogP contribution in [0.3, 0.4) is 0 Å². The Morgan fingerprint density at radius 2 is 1.73 bits per heavy atom. The molecule has 33 heavy (non-hydrogen) atoms. The van der Waals surface area contributed by atoms with E-state index in [0.29, 0.717) is 28.6 Å². The highest BCUT2D eigenvalue weighted by molar-refractivity contribution is 7.80. The molecule has 1 saturated heterocycles. The van der Waals surface area contributed by atoms with E-state index < -0.39 is 11.8 Å². The predicted molar refractivity (Wildman–Crippen MR) is 134 cm³/mol. The number of anilines is 1. The van der Waals surface area contributed by atoms with Gasteiger partial charge in [0.1, 0.15) is 17.9 Å². The summed E-state index contributed by atoms with van der Waals surface area (Å²) >= 11 is 11.4. The maximum atomic E-state index is 13.4. The molecule has 0 bridgehead atoms. The summed E-state index contributed by atoms with van der Waals surface area (Å²) < 4.78 is 5.97. The smallest absolute Gasteiger partial charge is 0.270 e. The lowest BCUT2D eigenvalue weighted by molar-refractivity contribution is -0.122. The first-order valence-electron chi connectivity index (χ1n) is 10.3. The average molecular weight is 477 g/mol. The second-order valence-corrected chi connectivity index (χ2v) is 8.58. The number of nitrogens with one attached hydrogen (secondary N) is 1. The molecule has 5 nitrogen and oxygen atoms in total. The van der Waals surface area contributed by atoms with E-state index in [1.165, 1.54) is 11.0 Å². The maximum absolute atomic E-state index is 13.4. The number of aryl methyl sites for hydroxylation is 2. The fourth-order valence-electron chi connectivity index (χ4n) is 3.65. The van der Waals surface area contributed by atoms with E-state index in [1.54, 1.807) is 18.2 Å². The topological polar surface area (TPSA) is 58.6 Å². The van der Waals surface area contributed by atoms with Crippen molar-refractivity contribution in [1.29, 1.82) is 0 Å². The largest absolute Gasteiger partial charge is 0.488 e. The van der Waals surface area contributed by atoms with Gasteiger partial charge in [0.25, 0.3) is 11.8 Å². The van der Waals surface area contributed by atoms with Crippen LogP contribution < -0.4 is 15.0 Å². The molecule has 1 aliphatic rings. The summed E-state index contributed by atoms with van der Waals surface area (Å²) in [6.07, 6.45) is 1.53. The Kier molecular flexibility index (Phi) is 6.58. The number of thiocarbonyl (C=S) groups is 1. The number of carbonyl (C=O) groups is 2. The number of rotatable bonds is 5. The van der Waals surface area contributed by atoms with Gasteiger partial charge in [-0.25, -0.2) is 0 Å².